The third-order valence-electron chi connectivity index (χ3n) is 7.89. The molecule has 1 aliphatic heterocycles. The molecule has 2 aliphatic rings. The maximum absolute atomic E-state index is 13.7. The molecule has 0 saturated carbocycles. The predicted octanol–water partition coefficient (Wildman–Crippen LogP) is 7.87. The summed E-state index contributed by atoms with van der Waals surface area (Å²) in [6.07, 6.45) is -3.52. The van der Waals surface area contributed by atoms with E-state index in [4.69, 9.17) is 26.8 Å². The Hall–Kier alpha value is -4.42. The summed E-state index contributed by atoms with van der Waals surface area (Å²) < 4.78 is 52.3. The topological polar surface area (TPSA) is 88.6 Å². The van der Waals surface area contributed by atoms with E-state index in [9.17, 15) is 23.2 Å². The van der Waals surface area contributed by atoms with Crippen molar-refractivity contribution in [3.63, 3.8) is 0 Å². The lowest BCUT2D eigenvalue weighted by Crippen LogP contribution is -2.39. The molecule has 1 atom stereocenters. The lowest BCUT2D eigenvalue weighted by molar-refractivity contribution is -0.137. The number of carbonyl (C=O) groups excluding carboxylic acids is 1. The molecule has 0 bridgehead atoms. The molecule has 0 saturated heterocycles. The number of hydrogen-bond acceptors (Lipinski definition) is 6. The number of rotatable bonds is 6. The zero-order valence-electron chi connectivity index (χ0n) is 23.8. The molecule has 10 heteroatoms. The molecule has 222 valence electrons. The van der Waals surface area contributed by atoms with Gasteiger partial charge < -0.3 is 15.2 Å². The van der Waals surface area contributed by atoms with Gasteiger partial charge in [0.1, 0.15) is 23.9 Å². The number of allylic oxidation sites excluding steroid dienone is 3. The zero-order valence-corrected chi connectivity index (χ0v) is 24.6. The van der Waals surface area contributed by atoms with Crippen molar-refractivity contribution in [3.8, 4) is 17.6 Å². The first-order chi connectivity index (χ1) is 20.4. The molecule has 3 aromatic rings. The number of Topliss-reactive ketones (excluding diaryl/α,β-unsaturated/α-hetero) is 1. The summed E-state index contributed by atoms with van der Waals surface area (Å²) in [6, 6.07) is 16.2. The van der Waals surface area contributed by atoms with Crippen molar-refractivity contribution in [3.05, 3.63) is 110 Å². The summed E-state index contributed by atoms with van der Waals surface area (Å²) in [5, 5.41) is 10.4. The number of carbonyl (C=O) groups is 1. The molecule has 1 heterocycles. The second kappa shape index (κ2) is 11.7. The second-order valence-electron chi connectivity index (χ2n) is 10.6. The van der Waals surface area contributed by atoms with E-state index in [0.29, 0.717) is 41.2 Å². The number of anilines is 1. The van der Waals surface area contributed by atoms with Crippen LogP contribution in [0, 0.1) is 25.2 Å². The van der Waals surface area contributed by atoms with Gasteiger partial charge >= 0.3 is 6.18 Å². The van der Waals surface area contributed by atoms with Crippen molar-refractivity contribution in [2.75, 3.05) is 12.0 Å². The highest BCUT2D eigenvalue weighted by molar-refractivity contribution is 6.33. The zero-order chi connectivity index (χ0) is 31.1. The molecule has 5 rings (SSSR count). The van der Waals surface area contributed by atoms with Crippen molar-refractivity contribution < 1.29 is 27.4 Å². The van der Waals surface area contributed by atoms with Crippen LogP contribution in [0.4, 0.5) is 18.9 Å². The van der Waals surface area contributed by atoms with Gasteiger partial charge in [-0.1, -0.05) is 29.3 Å². The minimum absolute atomic E-state index is 0.0151. The molecule has 1 aliphatic carbocycles. The van der Waals surface area contributed by atoms with Crippen molar-refractivity contribution in [2.24, 2.45) is 5.73 Å². The number of ether oxygens (including phenoxy) is 2. The number of nitriles is 1. The maximum atomic E-state index is 13.7. The number of benzene rings is 3. The summed E-state index contributed by atoms with van der Waals surface area (Å²) in [5.41, 5.74) is 9.82. The van der Waals surface area contributed by atoms with Crippen LogP contribution in [0.2, 0.25) is 5.02 Å². The van der Waals surface area contributed by atoms with Crippen molar-refractivity contribution in [1.29, 1.82) is 5.26 Å². The maximum Gasteiger partial charge on any atom is 0.416 e. The van der Waals surface area contributed by atoms with Crippen LogP contribution in [0.3, 0.4) is 0 Å². The first-order valence-corrected chi connectivity index (χ1v) is 14.0. The van der Waals surface area contributed by atoms with Crippen LogP contribution in [0.15, 0.2) is 77.3 Å². The largest absolute Gasteiger partial charge is 0.497 e. The van der Waals surface area contributed by atoms with E-state index in [1.165, 1.54) is 4.90 Å². The number of nitrogens with two attached hydrogens (primary N) is 1. The van der Waals surface area contributed by atoms with E-state index in [1.807, 2.05) is 26.0 Å². The Kier molecular flexibility index (Phi) is 8.17. The van der Waals surface area contributed by atoms with Gasteiger partial charge in [0.05, 0.1) is 40.9 Å². The fourth-order valence-corrected chi connectivity index (χ4v) is 5.98. The summed E-state index contributed by atoms with van der Waals surface area (Å²) >= 11 is 6.43. The number of alkyl halides is 3. The minimum atomic E-state index is -4.63. The number of aryl methyl sites for hydroxylation is 1. The molecule has 0 amide bonds. The highest BCUT2D eigenvalue weighted by Gasteiger charge is 2.42. The Bertz CT molecular complexity index is 1710. The number of hydrogen-bond donors (Lipinski definition) is 1. The Morgan fingerprint density at radius 1 is 1.07 bits per heavy atom. The number of nitrogens with zero attached hydrogens (tertiary/aromatic N) is 2. The molecule has 0 fully saturated rings. The van der Waals surface area contributed by atoms with Crippen LogP contribution in [0.1, 0.15) is 53.0 Å². The Morgan fingerprint density at radius 3 is 2.42 bits per heavy atom. The van der Waals surface area contributed by atoms with E-state index >= 15 is 0 Å². The smallest absolute Gasteiger partial charge is 0.416 e. The van der Waals surface area contributed by atoms with Gasteiger partial charge in [-0.05, 0) is 85.8 Å². The minimum Gasteiger partial charge on any atom is -0.497 e. The van der Waals surface area contributed by atoms with Crippen molar-refractivity contribution in [2.45, 2.75) is 51.8 Å². The van der Waals surface area contributed by atoms with Gasteiger partial charge in [-0.25, -0.2) is 0 Å². The summed E-state index contributed by atoms with van der Waals surface area (Å²) in [5.74, 6) is 0.307. The van der Waals surface area contributed by atoms with Crippen LogP contribution < -0.4 is 20.1 Å². The number of halogens is 4. The average Bonchev–Trinajstić information content (AvgIpc) is 2.97. The monoisotopic (exact) mass is 607 g/mol. The highest BCUT2D eigenvalue weighted by Crippen LogP contribution is 2.49. The standard InChI is InChI=1S/C33H29ClF3N3O3/c1-18-13-20(17-43-23-10-8-22(42-3)9-11-23)19(2)24(14-18)30-25(16-38)32(39)40(27-5-4-6-29(41)31(27)30)28-15-21(33(35,36)37)7-12-26(28)34/h7-15,30H,4-6,17,39H2,1-3H3. The van der Waals surface area contributed by atoms with E-state index in [0.717, 1.165) is 34.9 Å². The Labute approximate surface area is 252 Å². The molecule has 0 spiro atoms. The van der Waals surface area contributed by atoms with Gasteiger partial charge in [0.2, 0.25) is 0 Å². The van der Waals surface area contributed by atoms with E-state index in [2.05, 4.69) is 6.07 Å². The van der Waals surface area contributed by atoms with E-state index in [-0.39, 0.29) is 40.9 Å². The predicted molar refractivity (Wildman–Crippen MR) is 158 cm³/mol. The SMILES string of the molecule is COc1ccc(OCc2cc(C)cc(C3C(C#N)=C(N)N(c4cc(C(F)(F)F)ccc4Cl)C4=C3C(=O)CCC4)c2C)cc1. The van der Waals surface area contributed by atoms with Crippen LogP contribution in [-0.2, 0) is 17.6 Å². The molecule has 6 nitrogen and oxygen atoms in total. The molecule has 0 aromatic heterocycles. The average molecular weight is 608 g/mol. The van der Waals surface area contributed by atoms with Crippen LogP contribution in [0.25, 0.3) is 0 Å². The number of methoxy groups -OCH3 is 1. The van der Waals surface area contributed by atoms with Crippen molar-refractivity contribution in [1.82, 2.24) is 0 Å². The fraction of sp³-hybridized carbons (Fsp3) is 0.273. The van der Waals surface area contributed by atoms with Gasteiger partial charge in [-0.15, -0.1) is 0 Å². The Morgan fingerprint density at radius 2 is 1.77 bits per heavy atom. The van der Waals surface area contributed by atoms with Gasteiger partial charge in [0.15, 0.2) is 5.78 Å². The normalized spacial score (nSPS) is 17.1. The molecule has 2 N–H and O–H groups in total. The van der Waals surface area contributed by atoms with Crippen LogP contribution in [0.5, 0.6) is 11.5 Å². The number of ketones is 1. The highest BCUT2D eigenvalue weighted by atomic mass is 35.5. The molecule has 3 aromatic carbocycles. The second-order valence-corrected chi connectivity index (χ2v) is 11.0. The van der Waals surface area contributed by atoms with Crippen molar-refractivity contribution >= 4 is 23.1 Å². The third-order valence-corrected chi connectivity index (χ3v) is 8.21. The third kappa shape index (κ3) is 5.67. The van der Waals surface area contributed by atoms with E-state index in [1.54, 1.807) is 31.4 Å². The van der Waals surface area contributed by atoms with E-state index < -0.39 is 17.7 Å². The first kappa shape index (κ1) is 30.1. The van der Waals surface area contributed by atoms with Gasteiger partial charge in [0.25, 0.3) is 0 Å². The lowest BCUT2D eigenvalue weighted by Gasteiger charge is -2.40. The molecule has 1 unspecified atom stereocenters. The van der Waals surface area contributed by atoms with Gasteiger partial charge in [-0.3, -0.25) is 9.69 Å². The van der Waals surface area contributed by atoms with Gasteiger partial charge in [0, 0.05) is 17.7 Å². The van der Waals surface area contributed by atoms with Crippen LogP contribution in [-0.4, -0.2) is 12.9 Å². The molecule has 43 heavy (non-hydrogen) atoms. The van der Waals surface area contributed by atoms with Crippen LogP contribution >= 0.6 is 11.6 Å². The summed E-state index contributed by atoms with van der Waals surface area (Å²) in [7, 11) is 1.58. The molecular weight excluding hydrogens is 579 g/mol. The summed E-state index contributed by atoms with van der Waals surface area (Å²) in [6.45, 7) is 4.04. The first-order valence-electron chi connectivity index (χ1n) is 13.6. The molecular formula is C33H29ClF3N3O3. The lowest BCUT2D eigenvalue weighted by atomic mass is 9.73. The quantitative estimate of drug-likeness (QED) is 0.307. The fourth-order valence-electron chi connectivity index (χ4n) is 5.78. The Balaban J connectivity index is 1.64. The molecule has 0 radical (unpaired) electrons. The summed E-state index contributed by atoms with van der Waals surface area (Å²) in [4.78, 5) is 15.0. The van der Waals surface area contributed by atoms with Gasteiger partial charge in [-0.2, -0.15) is 18.4 Å².